The van der Waals surface area contributed by atoms with Gasteiger partial charge in [0.1, 0.15) is 0 Å². The minimum atomic E-state index is 0.0748. The molecule has 0 nitrogen and oxygen atoms in total. The molecule has 0 aromatic heterocycles. The molecule has 0 bridgehead atoms. The number of halogens is 1. The second-order valence-corrected chi connectivity index (χ2v) is 5.39. The largest absolute Gasteiger partial charge is 0.118 e. The van der Waals surface area contributed by atoms with Crippen molar-refractivity contribution in [3.05, 3.63) is 71.3 Å². The molecular formula is C17H19Cl. The van der Waals surface area contributed by atoms with Crippen LogP contribution >= 0.6 is 11.6 Å². The summed E-state index contributed by atoms with van der Waals surface area (Å²) in [6.07, 6.45) is 1.02. The highest BCUT2D eigenvalue weighted by Crippen LogP contribution is 2.31. The van der Waals surface area contributed by atoms with E-state index in [1.54, 1.807) is 0 Å². The molecule has 2 rings (SSSR count). The Balaban J connectivity index is 2.09. The average Bonchev–Trinajstić information content (AvgIpc) is 2.41. The lowest BCUT2D eigenvalue weighted by molar-refractivity contribution is 0.557. The van der Waals surface area contributed by atoms with Gasteiger partial charge in [-0.2, -0.15) is 0 Å². The Morgan fingerprint density at radius 2 is 1.56 bits per heavy atom. The highest BCUT2D eigenvalue weighted by molar-refractivity contribution is 6.21. The first kappa shape index (κ1) is 13.2. The second-order valence-electron chi connectivity index (χ2n) is 4.92. The molecule has 18 heavy (non-hydrogen) atoms. The summed E-state index contributed by atoms with van der Waals surface area (Å²) < 4.78 is 0. The summed E-state index contributed by atoms with van der Waals surface area (Å²) in [4.78, 5) is 0. The van der Waals surface area contributed by atoms with Crippen LogP contribution < -0.4 is 0 Å². The van der Waals surface area contributed by atoms with Gasteiger partial charge in [-0.15, -0.1) is 11.6 Å². The van der Waals surface area contributed by atoms with E-state index in [0.717, 1.165) is 6.42 Å². The van der Waals surface area contributed by atoms with Crippen LogP contribution in [-0.2, 0) is 6.42 Å². The summed E-state index contributed by atoms with van der Waals surface area (Å²) >= 11 is 6.56. The molecule has 94 valence electrons. The molecule has 0 amide bonds. The Hall–Kier alpha value is -1.27. The van der Waals surface area contributed by atoms with E-state index in [0.29, 0.717) is 5.92 Å². The Bertz CT molecular complexity index is 490. The van der Waals surface area contributed by atoms with Gasteiger partial charge in [-0.05, 0) is 36.0 Å². The maximum Gasteiger partial charge on any atom is 0.0613 e. The number of hydrogen-bond donors (Lipinski definition) is 0. The van der Waals surface area contributed by atoms with Crippen molar-refractivity contribution in [1.82, 2.24) is 0 Å². The summed E-state index contributed by atoms with van der Waals surface area (Å²) in [5.74, 6) is 0.426. The van der Waals surface area contributed by atoms with E-state index in [4.69, 9.17) is 11.6 Å². The van der Waals surface area contributed by atoms with Crippen molar-refractivity contribution < 1.29 is 0 Å². The molecule has 2 unspecified atom stereocenters. The number of hydrogen-bond acceptors (Lipinski definition) is 0. The lowest BCUT2D eigenvalue weighted by atomic mass is 9.92. The maximum atomic E-state index is 6.56. The van der Waals surface area contributed by atoms with E-state index < -0.39 is 0 Å². The third-order valence-electron chi connectivity index (χ3n) is 3.42. The molecule has 0 heterocycles. The molecule has 0 aliphatic heterocycles. The lowest BCUT2D eigenvalue weighted by Crippen LogP contribution is -2.08. The molecule has 0 aliphatic rings. The first-order chi connectivity index (χ1) is 8.68. The fraction of sp³-hybridized carbons (Fsp3) is 0.294. The van der Waals surface area contributed by atoms with Gasteiger partial charge in [0, 0.05) is 0 Å². The normalized spacial score (nSPS) is 14.2. The van der Waals surface area contributed by atoms with Gasteiger partial charge in [0.2, 0.25) is 0 Å². The van der Waals surface area contributed by atoms with Gasteiger partial charge in [-0.1, -0.05) is 61.5 Å². The Morgan fingerprint density at radius 1 is 0.944 bits per heavy atom. The van der Waals surface area contributed by atoms with Gasteiger partial charge >= 0.3 is 0 Å². The van der Waals surface area contributed by atoms with Crippen molar-refractivity contribution >= 4 is 11.6 Å². The van der Waals surface area contributed by atoms with Crippen molar-refractivity contribution in [2.45, 2.75) is 25.6 Å². The van der Waals surface area contributed by atoms with E-state index in [1.165, 1.54) is 16.7 Å². The van der Waals surface area contributed by atoms with Crippen LogP contribution in [0.2, 0.25) is 0 Å². The number of alkyl halides is 1. The van der Waals surface area contributed by atoms with Crippen LogP contribution in [0.4, 0.5) is 0 Å². The fourth-order valence-corrected chi connectivity index (χ4v) is 2.49. The van der Waals surface area contributed by atoms with Gasteiger partial charge in [0.15, 0.2) is 0 Å². The van der Waals surface area contributed by atoms with Crippen LogP contribution in [0.5, 0.6) is 0 Å². The van der Waals surface area contributed by atoms with Gasteiger partial charge < -0.3 is 0 Å². The molecular weight excluding hydrogens is 240 g/mol. The van der Waals surface area contributed by atoms with Crippen LogP contribution in [0.1, 0.15) is 29.0 Å². The molecule has 1 heteroatoms. The Kier molecular flexibility index (Phi) is 4.43. The van der Waals surface area contributed by atoms with E-state index in [1.807, 2.05) is 18.2 Å². The summed E-state index contributed by atoms with van der Waals surface area (Å²) in [5.41, 5.74) is 3.95. The van der Waals surface area contributed by atoms with Crippen molar-refractivity contribution in [2.24, 2.45) is 5.92 Å². The monoisotopic (exact) mass is 258 g/mol. The first-order valence-corrected chi connectivity index (χ1v) is 6.85. The molecule has 2 aromatic rings. The highest BCUT2D eigenvalue weighted by atomic mass is 35.5. The quantitative estimate of drug-likeness (QED) is 0.665. The Morgan fingerprint density at radius 3 is 2.22 bits per heavy atom. The lowest BCUT2D eigenvalue weighted by Gasteiger charge is -2.19. The summed E-state index contributed by atoms with van der Waals surface area (Å²) in [5, 5.41) is 0.0748. The minimum Gasteiger partial charge on any atom is -0.118 e. The van der Waals surface area contributed by atoms with E-state index in [9.17, 15) is 0 Å². The number of rotatable bonds is 4. The summed E-state index contributed by atoms with van der Waals surface area (Å²) in [6, 6.07) is 18.9. The summed E-state index contributed by atoms with van der Waals surface area (Å²) in [6.45, 7) is 4.38. The average molecular weight is 259 g/mol. The third-order valence-corrected chi connectivity index (χ3v) is 4.10. The van der Waals surface area contributed by atoms with Crippen LogP contribution in [0.3, 0.4) is 0 Å². The molecule has 0 N–H and O–H groups in total. The minimum absolute atomic E-state index is 0.0748. The first-order valence-electron chi connectivity index (χ1n) is 6.42. The van der Waals surface area contributed by atoms with E-state index in [-0.39, 0.29) is 5.38 Å². The van der Waals surface area contributed by atoms with E-state index in [2.05, 4.69) is 50.2 Å². The fourth-order valence-electron chi connectivity index (χ4n) is 2.25. The highest BCUT2D eigenvalue weighted by Gasteiger charge is 2.17. The van der Waals surface area contributed by atoms with Gasteiger partial charge in [0.05, 0.1) is 5.38 Å². The van der Waals surface area contributed by atoms with Crippen molar-refractivity contribution in [2.75, 3.05) is 0 Å². The van der Waals surface area contributed by atoms with Gasteiger partial charge in [-0.25, -0.2) is 0 Å². The Labute approximate surface area is 115 Å². The van der Waals surface area contributed by atoms with Crippen LogP contribution in [0.15, 0.2) is 54.6 Å². The SMILES string of the molecule is Cc1ccccc1CC(C)C(Cl)c1ccccc1. The van der Waals surface area contributed by atoms with E-state index >= 15 is 0 Å². The zero-order valence-corrected chi connectivity index (χ0v) is 11.7. The predicted molar refractivity (Wildman–Crippen MR) is 79.1 cm³/mol. The second kappa shape index (κ2) is 6.06. The van der Waals surface area contributed by atoms with Crippen LogP contribution in [0.25, 0.3) is 0 Å². The maximum absolute atomic E-state index is 6.56. The molecule has 0 radical (unpaired) electrons. The van der Waals surface area contributed by atoms with Gasteiger partial charge in [-0.3, -0.25) is 0 Å². The number of benzene rings is 2. The zero-order chi connectivity index (χ0) is 13.0. The zero-order valence-electron chi connectivity index (χ0n) is 10.9. The molecule has 2 atom stereocenters. The molecule has 0 saturated heterocycles. The topological polar surface area (TPSA) is 0 Å². The summed E-state index contributed by atoms with van der Waals surface area (Å²) in [7, 11) is 0. The molecule has 0 aliphatic carbocycles. The van der Waals surface area contributed by atoms with Gasteiger partial charge in [0.25, 0.3) is 0 Å². The molecule has 0 spiro atoms. The van der Waals surface area contributed by atoms with Crippen LogP contribution in [0, 0.1) is 12.8 Å². The molecule has 0 fully saturated rings. The van der Waals surface area contributed by atoms with Crippen molar-refractivity contribution in [1.29, 1.82) is 0 Å². The number of aryl methyl sites for hydroxylation is 1. The smallest absolute Gasteiger partial charge is 0.0613 e. The van der Waals surface area contributed by atoms with Crippen LogP contribution in [-0.4, -0.2) is 0 Å². The third kappa shape index (κ3) is 3.14. The standard InChI is InChI=1S/C17H19Cl/c1-13-8-6-7-11-16(13)12-14(2)17(18)15-9-4-3-5-10-15/h3-11,14,17H,12H2,1-2H3. The van der Waals surface area contributed by atoms with Crippen molar-refractivity contribution in [3.63, 3.8) is 0 Å². The predicted octanol–water partition coefficient (Wildman–Crippen LogP) is 5.15. The molecule has 0 saturated carbocycles. The molecule has 2 aromatic carbocycles. The van der Waals surface area contributed by atoms with Crippen molar-refractivity contribution in [3.8, 4) is 0 Å².